The molecule has 1 saturated carbocycles. The third-order valence-corrected chi connectivity index (χ3v) is 6.28. The van der Waals surface area contributed by atoms with Gasteiger partial charge < -0.3 is 9.80 Å². The van der Waals surface area contributed by atoms with Gasteiger partial charge in [0, 0.05) is 39.6 Å². The number of nitrogens with zero attached hydrogens (tertiary/aromatic N) is 2. The Bertz CT molecular complexity index is 648. The van der Waals surface area contributed by atoms with Gasteiger partial charge >= 0.3 is 0 Å². The van der Waals surface area contributed by atoms with Crippen molar-refractivity contribution in [2.45, 2.75) is 25.8 Å². The molecule has 0 radical (unpaired) electrons. The minimum Gasteiger partial charge on any atom is -0.336 e. The van der Waals surface area contributed by atoms with Crippen LogP contribution in [0.3, 0.4) is 0 Å². The number of aryl methyl sites for hydroxylation is 1. The molecular weight excluding hydrogens is 324 g/mol. The molecule has 5 heteroatoms. The molecule has 3 nitrogen and oxygen atoms in total. The van der Waals surface area contributed by atoms with E-state index in [0.29, 0.717) is 11.8 Å². The summed E-state index contributed by atoms with van der Waals surface area (Å²) in [6, 6.07) is 8.53. The molecule has 2 atom stereocenters. The summed E-state index contributed by atoms with van der Waals surface area (Å²) in [7, 11) is 4.12. The van der Waals surface area contributed by atoms with Crippen molar-refractivity contribution in [2.75, 3.05) is 27.2 Å². The fourth-order valence-corrected chi connectivity index (χ4v) is 4.62. The largest absolute Gasteiger partial charge is 0.336 e. The van der Waals surface area contributed by atoms with Crippen LogP contribution >= 0.6 is 22.7 Å². The van der Waals surface area contributed by atoms with Gasteiger partial charge in [-0.25, -0.2) is 0 Å². The van der Waals surface area contributed by atoms with Gasteiger partial charge in [-0.1, -0.05) is 6.07 Å². The van der Waals surface area contributed by atoms with Crippen molar-refractivity contribution in [3.05, 3.63) is 44.3 Å². The fourth-order valence-electron chi connectivity index (χ4n) is 2.85. The summed E-state index contributed by atoms with van der Waals surface area (Å²) in [5.41, 5.74) is 0. The molecule has 2 aromatic rings. The molecule has 1 aliphatic rings. The number of amides is 1. The van der Waals surface area contributed by atoms with Gasteiger partial charge in [0.05, 0.1) is 6.54 Å². The molecule has 0 bridgehead atoms. The van der Waals surface area contributed by atoms with Crippen molar-refractivity contribution in [3.63, 3.8) is 0 Å². The van der Waals surface area contributed by atoms with E-state index in [2.05, 4.69) is 60.5 Å². The lowest BCUT2D eigenvalue weighted by Gasteiger charge is -2.24. The molecular formula is C18H24N2OS2. The second-order valence-electron chi connectivity index (χ2n) is 6.54. The van der Waals surface area contributed by atoms with E-state index < -0.39 is 0 Å². The lowest BCUT2D eigenvalue weighted by molar-refractivity contribution is -0.133. The zero-order valence-electron chi connectivity index (χ0n) is 14.0. The molecule has 1 amide bonds. The van der Waals surface area contributed by atoms with Crippen LogP contribution in [0.5, 0.6) is 0 Å². The zero-order valence-corrected chi connectivity index (χ0v) is 15.6. The fraction of sp³-hybridized carbons (Fsp3) is 0.500. The van der Waals surface area contributed by atoms with E-state index in [9.17, 15) is 4.79 Å². The molecule has 2 aromatic heterocycles. The number of hydrogen-bond donors (Lipinski definition) is 0. The van der Waals surface area contributed by atoms with Crippen LogP contribution in [0.15, 0.2) is 29.6 Å². The van der Waals surface area contributed by atoms with E-state index in [1.54, 1.807) is 11.3 Å². The Balaban J connectivity index is 1.65. The number of thiophene rings is 2. The van der Waals surface area contributed by atoms with E-state index in [0.717, 1.165) is 26.1 Å². The summed E-state index contributed by atoms with van der Waals surface area (Å²) in [6.45, 7) is 4.59. The third-order valence-electron chi connectivity index (χ3n) is 4.29. The first-order valence-electron chi connectivity index (χ1n) is 8.07. The predicted octanol–water partition coefficient (Wildman–Crippen LogP) is 3.81. The van der Waals surface area contributed by atoms with Crippen molar-refractivity contribution < 1.29 is 4.79 Å². The van der Waals surface area contributed by atoms with Gasteiger partial charge in [-0.2, -0.15) is 0 Å². The van der Waals surface area contributed by atoms with Crippen LogP contribution in [-0.4, -0.2) is 42.9 Å². The quantitative estimate of drug-likeness (QED) is 0.759. The lowest BCUT2D eigenvalue weighted by atomic mass is 10.2. The van der Waals surface area contributed by atoms with Crippen LogP contribution in [0.25, 0.3) is 0 Å². The van der Waals surface area contributed by atoms with E-state index in [1.807, 2.05) is 11.3 Å². The van der Waals surface area contributed by atoms with Gasteiger partial charge in [0.25, 0.3) is 0 Å². The molecule has 2 heterocycles. The van der Waals surface area contributed by atoms with Crippen LogP contribution in [-0.2, 0) is 11.3 Å². The van der Waals surface area contributed by atoms with E-state index in [4.69, 9.17) is 0 Å². The maximum Gasteiger partial charge on any atom is 0.226 e. The van der Waals surface area contributed by atoms with Gasteiger partial charge in [0.15, 0.2) is 0 Å². The molecule has 0 unspecified atom stereocenters. The van der Waals surface area contributed by atoms with Gasteiger partial charge in [-0.3, -0.25) is 4.79 Å². The van der Waals surface area contributed by atoms with Crippen molar-refractivity contribution in [1.29, 1.82) is 0 Å². The Morgan fingerprint density at radius 1 is 1.26 bits per heavy atom. The molecule has 0 N–H and O–H groups in total. The van der Waals surface area contributed by atoms with Crippen molar-refractivity contribution in [2.24, 2.45) is 5.92 Å². The Morgan fingerprint density at radius 3 is 2.70 bits per heavy atom. The molecule has 0 saturated heterocycles. The Kier molecular flexibility index (Phi) is 5.19. The van der Waals surface area contributed by atoms with Crippen molar-refractivity contribution in [3.8, 4) is 0 Å². The normalized spacial score (nSPS) is 20.0. The van der Waals surface area contributed by atoms with Gasteiger partial charge in [0.1, 0.15) is 0 Å². The molecule has 1 fully saturated rings. The smallest absolute Gasteiger partial charge is 0.226 e. The molecule has 23 heavy (non-hydrogen) atoms. The first-order valence-corrected chi connectivity index (χ1v) is 9.76. The van der Waals surface area contributed by atoms with E-state index >= 15 is 0 Å². The molecule has 124 valence electrons. The third kappa shape index (κ3) is 4.22. The minimum atomic E-state index is 0.190. The molecule has 0 aromatic carbocycles. The zero-order chi connectivity index (χ0) is 16.4. The lowest BCUT2D eigenvalue weighted by Crippen LogP contribution is -2.37. The predicted molar refractivity (Wildman–Crippen MR) is 98.2 cm³/mol. The molecule has 3 rings (SSSR count). The molecule has 1 aliphatic carbocycles. The first kappa shape index (κ1) is 16.7. The maximum atomic E-state index is 13.0. The van der Waals surface area contributed by atoms with Gasteiger partial charge in [0.2, 0.25) is 5.91 Å². The average molecular weight is 349 g/mol. The number of likely N-dealkylation sites (N-methyl/N-ethyl adjacent to an activating group) is 1. The first-order chi connectivity index (χ1) is 11.0. The monoisotopic (exact) mass is 348 g/mol. The van der Waals surface area contributed by atoms with Crippen molar-refractivity contribution >= 4 is 28.6 Å². The summed E-state index contributed by atoms with van der Waals surface area (Å²) >= 11 is 3.57. The summed E-state index contributed by atoms with van der Waals surface area (Å²) in [5, 5.41) is 2.08. The SMILES string of the molecule is Cc1ccc([C@@H]2C[C@H]2C(=O)N(CCN(C)C)Cc2cccs2)s1. The molecule has 0 aliphatic heterocycles. The van der Waals surface area contributed by atoms with Crippen LogP contribution in [0.2, 0.25) is 0 Å². The second kappa shape index (κ2) is 7.16. The number of carbonyl (C=O) groups is 1. The minimum absolute atomic E-state index is 0.190. The standard InChI is InChI=1S/C18H24N2OS2/c1-13-6-7-17(23-13)15-11-16(15)18(21)20(9-8-19(2)3)12-14-5-4-10-22-14/h4-7,10,15-16H,8-9,11-12H2,1-3H3/t15-,16-/m1/s1. The Hall–Kier alpha value is -1.17. The summed E-state index contributed by atoms with van der Waals surface area (Å²) in [5.74, 6) is 0.970. The highest BCUT2D eigenvalue weighted by Gasteiger charge is 2.46. The van der Waals surface area contributed by atoms with Crippen LogP contribution in [0, 0.1) is 12.8 Å². The summed E-state index contributed by atoms with van der Waals surface area (Å²) in [6.07, 6.45) is 1.02. The van der Waals surface area contributed by atoms with Crippen molar-refractivity contribution in [1.82, 2.24) is 9.80 Å². The second-order valence-corrected chi connectivity index (χ2v) is 8.89. The summed E-state index contributed by atoms with van der Waals surface area (Å²) in [4.78, 5) is 21.1. The highest BCUT2D eigenvalue weighted by Crippen LogP contribution is 2.50. The average Bonchev–Trinajstić information content (AvgIpc) is 2.91. The van der Waals surface area contributed by atoms with Crippen LogP contribution in [0.4, 0.5) is 0 Å². The van der Waals surface area contributed by atoms with Gasteiger partial charge in [-0.05, 0) is 51.0 Å². The van der Waals surface area contributed by atoms with Gasteiger partial charge in [-0.15, -0.1) is 22.7 Å². The Labute approximate surface area is 146 Å². The van der Waals surface area contributed by atoms with Crippen LogP contribution < -0.4 is 0 Å². The molecule has 0 spiro atoms. The number of hydrogen-bond acceptors (Lipinski definition) is 4. The number of carbonyl (C=O) groups excluding carboxylic acids is 1. The maximum absolute atomic E-state index is 13.0. The summed E-state index contributed by atoms with van der Waals surface area (Å²) < 4.78 is 0. The van der Waals surface area contributed by atoms with E-state index in [-0.39, 0.29) is 5.92 Å². The van der Waals surface area contributed by atoms with E-state index in [1.165, 1.54) is 14.6 Å². The number of rotatable bonds is 7. The highest BCUT2D eigenvalue weighted by molar-refractivity contribution is 7.12. The Morgan fingerprint density at radius 2 is 2.09 bits per heavy atom. The topological polar surface area (TPSA) is 23.6 Å². The van der Waals surface area contributed by atoms with Crippen LogP contribution in [0.1, 0.15) is 27.0 Å². The highest BCUT2D eigenvalue weighted by atomic mass is 32.1.